The van der Waals surface area contributed by atoms with Crippen LogP contribution in [0.25, 0.3) is 11.4 Å². The van der Waals surface area contributed by atoms with Crippen LogP contribution in [0, 0.1) is 0 Å². The Kier molecular flexibility index (Phi) is 5.11. The Labute approximate surface area is 160 Å². The van der Waals surface area contributed by atoms with E-state index < -0.39 is 11.7 Å². The molecule has 3 aromatic rings. The second-order valence-corrected chi connectivity index (χ2v) is 6.13. The predicted molar refractivity (Wildman–Crippen MR) is 92.4 cm³/mol. The van der Waals surface area contributed by atoms with Gasteiger partial charge in [0.05, 0.1) is 21.8 Å². The number of carbonyl (C=O) groups is 1. The molecule has 0 saturated heterocycles. The largest absolute Gasteiger partial charge is 0.416 e. The van der Waals surface area contributed by atoms with Crippen molar-refractivity contribution in [3.63, 3.8) is 0 Å². The van der Waals surface area contributed by atoms with E-state index in [0.29, 0.717) is 5.69 Å². The van der Waals surface area contributed by atoms with Gasteiger partial charge in [-0.1, -0.05) is 30.1 Å². The van der Waals surface area contributed by atoms with Crippen LogP contribution in [-0.4, -0.2) is 30.5 Å². The van der Waals surface area contributed by atoms with Crippen molar-refractivity contribution in [2.45, 2.75) is 19.5 Å². The van der Waals surface area contributed by atoms with Crippen LogP contribution >= 0.6 is 23.2 Å². The van der Waals surface area contributed by atoms with Crippen molar-refractivity contribution in [3.8, 4) is 11.4 Å². The third-order valence-electron chi connectivity index (χ3n) is 3.55. The van der Waals surface area contributed by atoms with Gasteiger partial charge in [-0.25, -0.2) is 14.3 Å². The number of amides is 1. The molecule has 0 aliphatic carbocycles. The molecule has 1 amide bonds. The highest BCUT2D eigenvalue weighted by molar-refractivity contribution is 6.38. The summed E-state index contributed by atoms with van der Waals surface area (Å²) in [6.45, 7) is 1.64. The van der Waals surface area contributed by atoms with E-state index in [0.717, 1.165) is 16.8 Å². The molecule has 2 heterocycles. The average molecular weight is 419 g/mol. The van der Waals surface area contributed by atoms with E-state index in [1.807, 2.05) is 0 Å². The number of rotatable bonds is 4. The van der Waals surface area contributed by atoms with Gasteiger partial charge in [-0.3, -0.25) is 4.79 Å². The van der Waals surface area contributed by atoms with Crippen LogP contribution in [0.2, 0.25) is 10.0 Å². The standard InChI is InChI=1S/C15H11Cl2F3N6O/c1-2-12(27)24-14-11(25-7-21-6-23-25)5-22-26(14)13-9(16)3-8(4-10(13)17)15(18,19)20/h3-7H,2H2,1H3,(H,24,27). The van der Waals surface area contributed by atoms with Gasteiger partial charge >= 0.3 is 6.18 Å². The molecule has 0 aliphatic heterocycles. The first kappa shape index (κ1) is 19.2. The minimum atomic E-state index is -4.61. The molecule has 7 nitrogen and oxygen atoms in total. The molecule has 3 rings (SSSR count). The van der Waals surface area contributed by atoms with Crippen LogP contribution in [0.4, 0.5) is 19.0 Å². The first-order valence-electron chi connectivity index (χ1n) is 7.51. The summed E-state index contributed by atoms with van der Waals surface area (Å²) >= 11 is 12.1. The molecule has 2 aromatic heterocycles. The van der Waals surface area contributed by atoms with Gasteiger partial charge in [0.25, 0.3) is 0 Å². The molecule has 0 saturated carbocycles. The van der Waals surface area contributed by atoms with Crippen molar-refractivity contribution in [1.82, 2.24) is 24.5 Å². The molecule has 0 aliphatic rings. The zero-order chi connectivity index (χ0) is 19.8. The molecule has 0 radical (unpaired) electrons. The fraction of sp³-hybridized carbons (Fsp3) is 0.200. The molecule has 1 aromatic carbocycles. The minimum Gasteiger partial charge on any atom is -0.309 e. The number of nitrogens with zero attached hydrogens (tertiary/aromatic N) is 5. The summed E-state index contributed by atoms with van der Waals surface area (Å²) < 4.78 is 41.3. The predicted octanol–water partition coefficient (Wildman–Crippen LogP) is 4.13. The van der Waals surface area contributed by atoms with Crippen LogP contribution in [0.1, 0.15) is 18.9 Å². The average Bonchev–Trinajstić information content (AvgIpc) is 3.23. The van der Waals surface area contributed by atoms with Gasteiger partial charge in [0.2, 0.25) is 5.91 Å². The number of alkyl halides is 3. The van der Waals surface area contributed by atoms with E-state index in [1.54, 1.807) is 6.92 Å². The van der Waals surface area contributed by atoms with E-state index in [2.05, 4.69) is 20.5 Å². The van der Waals surface area contributed by atoms with Gasteiger partial charge in [-0.15, -0.1) is 0 Å². The van der Waals surface area contributed by atoms with Gasteiger partial charge < -0.3 is 5.32 Å². The summed E-state index contributed by atoms with van der Waals surface area (Å²) in [5.41, 5.74) is -0.672. The van der Waals surface area contributed by atoms with Gasteiger partial charge in [-0.2, -0.15) is 23.4 Å². The number of benzene rings is 1. The van der Waals surface area contributed by atoms with Crippen LogP contribution in [-0.2, 0) is 11.0 Å². The topological polar surface area (TPSA) is 77.6 Å². The summed E-state index contributed by atoms with van der Waals surface area (Å²) in [6, 6.07) is 1.48. The SMILES string of the molecule is CCC(=O)Nc1c(-n2cncn2)cnn1-c1c(Cl)cc(C(F)(F)F)cc1Cl. The quantitative estimate of drug-likeness (QED) is 0.690. The van der Waals surface area contributed by atoms with Crippen molar-refractivity contribution < 1.29 is 18.0 Å². The second kappa shape index (κ2) is 7.20. The molecule has 0 bridgehead atoms. The highest BCUT2D eigenvalue weighted by Gasteiger charge is 2.32. The maximum Gasteiger partial charge on any atom is 0.416 e. The number of halogens is 5. The van der Waals surface area contributed by atoms with Gasteiger partial charge in [0.1, 0.15) is 24.0 Å². The van der Waals surface area contributed by atoms with Crippen molar-refractivity contribution in [2.75, 3.05) is 5.32 Å². The highest BCUT2D eigenvalue weighted by atomic mass is 35.5. The zero-order valence-corrected chi connectivity index (χ0v) is 15.1. The molecule has 0 spiro atoms. The number of aromatic nitrogens is 5. The number of hydrogen-bond donors (Lipinski definition) is 1. The van der Waals surface area contributed by atoms with E-state index in [1.165, 1.54) is 23.5 Å². The first-order chi connectivity index (χ1) is 12.7. The summed E-state index contributed by atoms with van der Waals surface area (Å²) in [7, 11) is 0. The molecule has 0 unspecified atom stereocenters. The maximum atomic E-state index is 13.0. The molecular formula is C15H11Cl2F3N6O. The number of anilines is 1. The Balaban J connectivity index is 2.19. The third-order valence-corrected chi connectivity index (χ3v) is 4.13. The molecule has 142 valence electrons. The van der Waals surface area contributed by atoms with E-state index in [4.69, 9.17) is 23.2 Å². The summed E-state index contributed by atoms with van der Waals surface area (Å²) in [6.07, 6.45) is -0.443. The van der Waals surface area contributed by atoms with Crippen LogP contribution in [0.5, 0.6) is 0 Å². The van der Waals surface area contributed by atoms with Gasteiger partial charge in [0.15, 0.2) is 5.82 Å². The lowest BCUT2D eigenvalue weighted by atomic mass is 10.2. The van der Waals surface area contributed by atoms with E-state index >= 15 is 0 Å². The van der Waals surface area contributed by atoms with Crippen molar-refractivity contribution >= 4 is 34.9 Å². The Morgan fingerprint density at radius 2 is 1.89 bits per heavy atom. The summed E-state index contributed by atoms with van der Waals surface area (Å²) in [4.78, 5) is 15.7. The van der Waals surface area contributed by atoms with E-state index in [-0.39, 0.29) is 33.9 Å². The lowest BCUT2D eigenvalue weighted by molar-refractivity contribution is -0.137. The molecule has 27 heavy (non-hydrogen) atoms. The summed E-state index contributed by atoms with van der Waals surface area (Å²) in [5, 5.41) is 10.1. The monoisotopic (exact) mass is 418 g/mol. The Morgan fingerprint density at radius 1 is 1.22 bits per heavy atom. The lowest BCUT2D eigenvalue weighted by Gasteiger charge is -2.15. The molecule has 12 heteroatoms. The van der Waals surface area contributed by atoms with Crippen molar-refractivity contribution in [3.05, 3.63) is 46.6 Å². The molecule has 1 N–H and O–H groups in total. The summed E-state index contributed by atoms with van der Waals surface area (Å²) in [5.74, 6) is -0.215. The molecule has 0 atom stereocenters. The normalized spacial score (nSPS) is 11.6. The Hall–Kier alpha value is -2.59. The minimum absolute atomic E-state index is 0.0101. The van der Waals surface area contributed by atoms with Gasteiger partial charge in [0, 0.05) is 6.42 Å². The fourth-order valence-electron chi connectivity index (χ4n) is 2.28. The van der Waals surface area contributed by atoms with Gasteiger partial charge in [-0.05, 0) is 12.1 Å². The van der Waals surface area contributed by atoms with Crippen molar-refractivity contribution in [2.24, 2.45) is 0 Å². The van der Waals surface area contributed by atoms with E-state index in [9.17, 15) is 18.0 Å². The lowest BCUT2D eigenvalue weighted by Crippen LogP contribution is -2.16. The van der Waals surface area contributed by atoms with Crippen LogP contribution in [0.3, 0.4) is 0 Å². The van der Waals surface area contributed by atoms with Crippen molar-refractivity contribution in [1.29, 1.82) is 0 Å². The third kappa shape index (κ3) is 3.76. The number of hydrogen-bond acceptors (Lipinski definition) is 4. The zero-order valence-electron chi connectivity index (χ0n) is 13.6. The van der Waals surface area contributed by atoms with Crippen LogP contribution in [0.15, 0.2) is 31.0 Å². The molecular weight excluding hydrogens is 408 g/mol. The number of carbonyl (C=O) groups excluding carboxylic acids is 1. The van der Waals surface area contributed by atoms with Crippen LogP contribution < -0.4 is 5.32 Å². The highest BCUT2D eigenvalue weighted by Crippen LogP contribution is 2.39. The number of nitrogens with one attached hydrogen (secondary N) is 1. The fourth-order valence-corrected chi connectivity index (χ4v) is 2.93. The Bertz CT molecular complexity index is 961. The smallest absolute Gasteiger partial charge is 0.309 e. The Morgan fingerprint density at radius 3 is 2.41 bits per heavy atom. The maximum absolute atomic E-state index is 13.0. The molecule has 0 fully saturated rings. The first-order valence-corrected chi connectivity index (χ1v) is 8.27. The second-order valence-electron chi connectivity index (χ2n) is 5.32.